The second-order valence-corrected chi connectivity index (χ2v) is 2.09. The van der Waals surface area contributed by atoms with Crippen molar-refractivity contribution in [3.63, 3.8) is 0 Å². The lowest BCUT2D eigenvalue weighted by Gasteiger charge is -1.89. The molecule has 0 aliphatic rings. The van der Waals surface area contributed by atoms with Crippen molar-refractivity contribution in [3.05, 3.63) is 12.2 Å². The number of carbonyl (C=O) groups is 1. The lowest BCUT2D eigenvalue weighted by atomic mass is 10.4. The summed E-state index contributed by atoms with van der Waals surface area (Å²) < 4.78 is 1.60. The molecule has 1 N–H and O–H groups in total. The fourth-order valence-electron chi connectivity index (χ4n) is 0.702. The van der Waals surface area contributed by atoms with E-state index < -0.39 is 5.97 Å². The van der Waals surface area contributed by atoms with Crippen LogP contribution in [0.1, 0.15) is 12.7 Å². The van der Waals surface area contributed by atoms with Crippen LogP contribution in [0.15, 0.2) is 6.33 Å². The quantitative estimate of drug-likeness (QED) is 0.663. The zero-order valence-electron chi connectivity index (χ0n) is 6.19. The smallest absolute Gasteiger partial charge is 0.311 e. The molecule has 0 bridgehead atoms. The van der Waals surface area contributed by atoms with E-state index in [9.17, 15) is 4.79 Å². The first-order valence-electron chi connectivity index (χ1n) is 3.32. The average molecular weight is 155 g/mol. The maximum absolute atomic E-state index is 10.2. The first kappa shape index (κ1) is 7.71. The Labute approximate surface area is 63.7 Å². The summed E-state index contributed by atoms with van der Waals surface area (Å²) in [5.74, 6) is -0.543. The Balaban J connectivity index is 2.65. The van der Waals surface area contributed by atoms with Crippen LogP contribution < -0.4 is 0 Å². The number of carboxylic acids is 1. The molecule has 0 aliphatic heterocycles. The van der Waals surface area contributed by atoms with Gasteiger partial charge in [0.1, 0.15) is 12.7 Å². The van der Waals surface area contributed by atoms with Gasteiger partial charge < -0.3 is 5.11 Å². The lowest BCUT2D eigenvalue weighted by Crippen LogP contribution is -2.03. The third-order valence-electron chi connectivity index (χ3n) is 1.22. The molecule has 1 aromatic rings. The van der Waals surface area contributed by atoms with Crippen LogP contribution in [0, 0.1) is 0 Å². The third-order valence-corrected chi connectivity index (χ3v) is 1.22. The molecule has 0 saturated heterocycles. The molecule has 0 unspecified atom stereocenters. The molecule has 0 spiro atoms. The molecule has 0 aromatic carbocycles. The van der Waals surface area contributed by atoms with Crippen molar-refractivity contribution in [1.29, 1.82) is 0 Å². The second kappa shape index (κ2) is 3.14. The highest BCUT2D eigenvalue weighted by molar-refractivity contribution is 5.68. The van der Waals surface area contributed by atoms with E-state index in [0.29, 0.717) is 12.4 Å². The number of aromatic nitrogens is 3. The number of carboxylic acid groups (broad SMARTS) is 1. The number of aliphatic carboxylic acids is 1. The molecule has 0 radical (unpaired) electrons. The first-order valence-corrected chi connectivity index (χ1v) is 3.32. The monoisotopic (exact) mass is 155 g/mol. The maximum Gasteiger partial charge on any atom is 0.311 e. The number of hydrogen-bond donors (Lipinski definition) is 1. The van der Waals surface area contributed by atoms with Crippen LogP contribution in [0.4, 0.5) is 0 Å². The van der Waals surface area contributed by atoms with Gasteiger partial charge in [0.15, 0.2) is 5.82 Å². The number of nitrogens with zero attached hydrogens (tertiary/aromatic N) is 3. The molecule has 1 rings (SSSR count). The summed E-state index contributed by atoms with van der Waals surface area (Å²) in [6.07, 6.45) is 1.42. The topological polar surface area (TPSA) is 68.0 Å². The SMILES string of the molecule is CCn1cnc(CC(=O)O)n1. The highest BCUT2D eigenvalue weighted by atomic mass is 16.4. The van der Waals surface area contributed by atoms with E-state index in [4.69, 9.17) is 5.11 Å². The fourth-order valence-corrected chi connectivity index (χ4v) is 0.702. The predicted octanol–water partition coefficient (Wildman–Crippen LogP) is -0.0749. The van der Waals surface area contributed by atoms with Crippen LogP contribution in [0.5, 0.6) is 0 Å². The summed E-state index contributed by atoms with van der Waals surface area (Å²) >= 11 is 0. The van der Waals surface area contributed by atoms with Crippen molar-refractivity contribution in [2.45, 2.75) is 19.9 Å². The summed E-state index contributed by atoms with van der Waals surface area (Å²) in [5, 5.41) is 12.3. The van der Waals surface area contributed by atoms with Gasteiger partial charge in [0, 0.05) is 6.54 Å². The molecule has 1 heterocycles. The second-order valence-electron chi connectivity index (χ2n) is 2.09. The van der Waals surface area contributed by atoms with E-state index in [-0.39, 0.29) is 6.42 Å². The number of aryl methyl sites for hydroxylation is 1. The van der Waals surface area contributed by atoms with E-state index in [1.807, 2.05) is 6.92 Å². The Morgan fingerprint density at radius 3 is 3.00 bits per heavy atom. The van der Waals surface area contributed by atoms with Crippen molar-refractivity contribution in [2.75, 3.05) is 0 Å². The normalized spacial score (nSPS) is 9.91. The van der Waals surface area contributed by atoms with Crippen LogP contribution >= 0.6 is 0 Å². The molecule has 0 amide bonds. The summed E-state index contributed by atoms with van der Waals surface area (Å²) in [6, 6.07) is 0. The Bertz CT molecular complexity index is 256. The molecule has 11 heavy (non-hydrogen) atoms. The number of rotatable bonds is 3. The van der Waals surface area contributed by atoms with Gasteiger partial charge in [-0.25, -0.2) is 4.98 Å². The molecule has 1 aromatic heterocycles. The maximum atomic E-state index is 10.2. The molecule has 5 nitrogen and oxygen atoms in total. The summed E-state index contributed by atoms with van der Waals surface area (Å²) in [7, 11) is 0. The van der Waals surface area contributed by atoms with Gasteiger partial charge in [-0.05, 0) is 6.92 Å². The zero-order valence-corrected chi connectivity index (χ0v) is 6.19. The van der Waals surface area contributed by atoms with Crippen LogP contribution in [0.3, 0.4) is 0 Å². The Morgan fingerprint density at radius 2 is 2.55 bits per heavy atom. The molecule has 0 aliphatic carbocycles. The molecule has 0 atom stereocenters. The van der Waals surface area contributed by atoms with Crippen LogP contribution in [-0.4, -0.2) is 25.8 Å². The Morgan fingerprint density at radius 1 is 1.82 bits per heavy atom. The van der Waals surface area contributed by atoms with Crippen molar-refractivity contribution < 1.29 is 9.90 Å². The number of hydrogen-bond acceptors (Lipinski definition) is 3. The molecule has 0 saturated carbocycles. The van der Waals surface area contributed by atoms with Crippen molar-refractivity contribution in [3.8, 4) is 0 Å². The largest absolute Gasteiger partial charge is 0.481 e. The summed E-state index contributed by atoms with van der Waals surface area (Å²) in [5.41, 5.74) is 0. The standard InChI is InChI=1S/C6H9N3O2/c1-2-9-4-7-5(8-9)3-6(10)11/h4H,2-3H2,1H3,(H,10,11). The minimum Gasteiger partial charge on any atom is -0.481 e. The molecule has 0 fully saturated rings. The van der Waals surface area contributed by atoms with Gasteiger partial charge in [-0.3, -0.25) is 9.48 Å². The van der Waals surface area contributed by atoms with Gasteiger partial charge in [-0.15, -0.1) is 0 Å². The van der Waals surface area contributed by atoms with Crippen LogP contribution in [-0.2, 0) is 17.8 Å². The van der Waals surface area contributed by atoms with Crippen LogP contribution in [0.2, 0.25) is 0 Å². The van der Waals surface area contributed by atoms with Gasteiger partial charge in [-0.1, -0.05) is 0 Å². The average Bonchev–Trinajstić information content (AvgIpc) is 2.34. The zero-order chi connectivity index (χ0) is 8.27. The highest BCUT2D eigenvalue weighted by Crippen LogP contribution is 1.90. The third kappa shape index (κ3) is 2.03. The van der Waals surface area contributed by atoms with Gasteiger partial charge in [0.2, 0.25) is 0 Å². The molecule has 60 valence electrons. The summed E-state index contributed by atoms with van der Waals surface area (Å²) in [4.78, 5) is 14.0. The van der Waals surface area contributed by atoms with Gasteiger partial charge in [-0.2, -0.15) is 5.10 Å². The first-order chi connectivity index (χ1) is 5.22. The van der Waals surface area contributed by atoms with E-state index in [1.165, 1.54) is 6.33 Å². The van der Waals surface area contributed by atoms with Crippen molar-refractivity contribution >= 4 is 5.97 Å². The van der Waals surface area contributed by atoms with Gasteiger partial charge >= 0.3 is 5.97 Å². The van der Waals surface area contributed by atoms with Crippen LogP contribution in [0.25, 0.3) is 0 Å². The van der Waals surface area contributed by atoms with E-state index in [0.717, 1.165) is 0 Å². The molecular weight excluding hydrogens is 146 g/mol. The predicted molar refractivity (Wildman–Crippen MR) is 37.0 cm³/mol. The van der Waals surface area contributed by atoms with Crippen molar-refractivity contribution in [2.24, 2.45) is 0 Å². The fraction of sp³-hybridized carbons (Fsp3) is 0.500. The van der Waals surface area contributed by atoms with Gasteiger partial charge in [0.05, 0.1) is 0 Å². The minimum atomic E-state index is -0.904. The van der Waals surface area contributed by atoms with E-state index in [2.05, 4.69) is 10.1 Å². The highest BCUT2D eigenvalue weighted by Gasteiger charge is 2.04. The molecule has 5 heteroatoms. The lowest BCUT2D eigenvalue weighted by molar-refractivity contribution is -0.136. The van der Waals surface area contributed by atoms with Gasteiger partial charge in [0.25, 0.3) is 0 Å². The molecular formula is C6H9N3O2. The van der Waals surface area contributed by atoms with E-state index >= 15 is 0 Å². The van der Waals surface area contributed by atoms with Crippen molar-refractivity contribution in [1.82, 2.24) is 14.8 Å². The summed E-state index contributed by atoms with van der Waals surface area (Å²) in [6.45, 7) is 2.63. The Kier molecular flexibility index (Phi) is 2.20. The Hall–Kier alpha value is -1.39. The minimum absolute atomic E-state index is 0.104. The van der Waals surface area contributed by atoms with E-state index in [1.54, 1.807) is 4.68 Å².